The van der Waals surface area contributed by atoms with E-state index in [1.165, 1.54) is 59.6 Å². The second-order valence-corrected chi connectivity index (χ2v) is 9.21. The predicted octanol–water partition coefficient (Wildman–Crippen LogP) is 8.43. The summed E-state index contributed by atoms with van der Waals surface area (Å²) in [6.45, 7) is 6.17. The van der Waals surface area contributed by atoms with Gasteiger partial charge in [0.1, 0.15) is 0 Å². The first kappa shape index (κ1) is 20.9. The van der Waals surface area contributed by atoms with Crippen molar-refractivity contribution in [1.29, 1.82) is 0 Å². The SMILES string of the molecule is C=CCCc1ccc2cc(CCc3ccc(C4CCC(CC)CC4)cc3)ccc2c1. The first-order valence-corrected chi connectivity index (χ1v) is 12.0. The monoisotopic (exact) mass is 396 g/mol. The van der Waals surface area contributed by atoms with E-state index in [-0.39, 0.29) is 0 Å². The standard InChI is InChI=1S/C30H36/c1-3-5-6-25-13-19-30-22-26(14-20-29(30)21-25)8-7-24-11-17-28(18-12-24)27-15-9-23(4-2)10-16-27/h3,11-14,17-23,27H,1,4-10,15-16H2,2H3. The Hall–Kier alpha value is -2.34. The molecule has 0 nitrogen and oxygen atoms in total. The van der Waals surface area contributed by atoms with E-state index < -0.39 is 0 Å². The molecule has 0 aliphatic heterocycles. The molecule has 4 rings (SSSR count). The van der Waals surface area contributed by atoms with Crippen LogP contribution in [-0.2, 0) is 19.3 Å². The van der Waals surface area contributed by atoms with Crippen molar-refractivity contribution >= 4 is 10.8 Å². The molecule has 0 amide bonds. The van der Waals surface area contributed by atoms with Gasteiger partial charge in [0.25, 0.3) is 0 Å². The fourth-order valence-electron chi connectivity index (χ4n) is 5.07. The molecule has 0 bridgehead atoms. The molecule has 3 aromatic rings. The van der Waals surface area contributed by atoms with Crippen molar-refractivity contribution in [2.75, 3.05) is 0 Å². The number of fused-ring (bicyclic) bond motifs is 1. The van der Waals surface area contributed by atoms with Crippen LogP contribution in [0.15, 0.2) is 73.3 Å². The lowest BCUT2D eigenvalue weighted by Crippen LogP contribution is -2.12. The summed E-state index contributed by atoms with van der Waals surface area (Å²) in [7, 11) is 0. The maximum Gasteiger partial charge on any atom is -0.0162 e. The van der Waals surface area contributed by atoms with Gasteiger partial charge in [-0.3, -0.25) is 0 Å². The largest absolute Gasteiger partial charge is 0.103 e. The maximum absolute atomic E-state index is 3.83. The van der Waals surface area contributed by atoms with Crippen molar-refractivity contribution in [2.24, 2.45) is 5.92 Å². The van der Waals surface area contributed by atoms with Gasteiger partial charge in [-0.25, -0.2) is 0 Å². The van der Waals surface area contributed by atoms with E-state index in [0.29, 0.717) is 0 Å². The third kappa shape index (κ3) is 5.22. The van der Waals surface area contributed by atoms with E-state index in [1.807, 2.05) is 6.08 Å². The number of hydrogen-bond acceptors (Lipinski definition) is 0. The summed E-state index contributed by atoms with van der Waals surface area (Å²) in [5.74, 6) is 1.76. The first-order valence-electron chi connectivity index (χ1n) is 12.0. The lowest BCUT2D eigenvalue weighted by Gasteiger charge is -2.28. The molecule has 1 aliphatic carbocycles. The van der Waals surface area contributed by atoms with Crippen LogP contribution < -0.4 is 0 Å². The number of hydrogen-bond donors (Lipinski definition) is 0. The molecule has 3 aromatic carbocycles. The van der Waals surface area contributed by atoms with Gasteiger partial charge in [-0.2, -0.15) is 0 Å². The molecule has 0 heterocycles. The van der Waals surface area contributed by atoms with Crippen LogP contribution in [0.5, 0.6) is 0 Å². The van der Waals surface area contributed by atoms with Gasteiger partial charge in [0.15, 0.2) is 0 Å². The minimum absolute atomic E-state index is 0.790. The summed E-state index contributed by atoms with van der Waals surface area (Å²) in [6.07, 6.45) is 13.3. The molecule has 0 spiro atoms. The second kappa shape index (κ2) is 10.1. The Morgan fingerprint density at radius 1 is 0.733 bits per heavy atom. The van der Waals surface area contributed by atoms with E-state index in [4.69, 9.17) is 0 Å². The van der Waals surface area contributed by atoms with E-state index in [1.54, 1.807) is 5.56 Å². The number of benzene rings is 3. The van der Waals surface area contributed by atoms with E-state index in [2.05, 4.69) is 74.2 Å². The first-order chi connectivity index (χ1) is 14.7. The normalized spacial score (nSPS) is 19.1. The zero-order valence-electron chi connectivity index (χ0n) is 18.6. The summed E-state index contributed by atoms with van der Waals surface area (Å²) in [5, 5.41) is 2.70. The Labute approximate surface area is 183 Å². The fraction of sp³-hybridized carbons (Fsp3) is 0.400. The Morgan fingerprint density at radius 3 is 1.90 bits per heavy atom. The molecule has 0 saturated heterocycles. The van der Waals surface area contributed by atoms with Crippen LogP contribution >= 0.6 is 0 Å². The van der Waals surface area contributed by atoms with Gasteiger partial charge < -0.3 is 0 Å². The van der Waals surface area contributed by atoms with E-state index in [0.717, 1.165) is 37.5 Å². The highest BCUT2D eigenvalue weighted by Crippen LogP contribution is 2.37. The third-order valence-electron chi connectivity index (χ3n) is 7.18. The minimum atomic E-state index is 0.790. The Kier molecular flexibility index (Phi) is 7.05. The molecule has 1 saturated carbocycles. The van der Waals surface area contributed by atoms with Crippen molar-refractivity contribution in [1.82, 2.24) is 0 Å². The summed E-state index contributed by atoms with van der Waals surface area (Å²) in [4.78, 5) is 0. The van der Waals surface area contributed by atoms with E-state index >= 15 is 0 Å². The van der Waals surface area contributed by atoms with Crippen LogP contribution in [0.1, 0.15) is 73.6 Å². The Morgan fingerprint density at radius 2 is 1.30 bits per heavy atom. The Balaban J connectivity index is 1.35. The molecule has 1 aliphatic rings. The smallest absolute Gasteiger partial charge is 0.0162 e. The van der Waals surface area contributed by atoms with Crippen LogP contribution in [0.25, 0.3) is 10.8 Å². The summed E-state index contributed by atoms with van der Waals surface area (Å²) < 4.78 is 0. The second-order valence-electron chi connectivity index (χ2n) is 9.21. The van der Waals surface area contributed by atoms with Crippen molar-refractivity contribution < 1.29 is 0 Å². The molecule has 0 N–H and O–H groups in total. The molecule has 0 aromatic heterocycles. The Bertz CT molecular complexity index is 955. The van der Waals surface area contributed by atoms with Crippen molar-refractivity contribution in [2.45, 2.75) is 70.6 Å². The van der Waals surface area contributed by atoms with E-state index in [9.17, 15) is 0 Å². The highest BCUT2D eigenvalue weighted by atomic mass is 14.3. The van der Waals surface area contributed by atoms with Crippen LogP contribution in [0.3, 0.4) is 0 Å². The van der Waals surface area contributed by atoms with Gasteiger partial charge in [-0.1, -0.05) is 80.1 Å². The van der Waals surface area contributed by atoms with Crippen LogP contribution in [0, 0.1) is 5.92 Å². The lowest BCUT2D eigenvalue weighted by molar-refractivity contribution is 0.319. The van der Waals surface area contributed by atoms with Crippen molar-refractivity contribution in [3.63, 3.8) is 0 Å². The highest BCUT2D eigenvalue weighted by Gasteiger charge is 2.21. The third-order valence-corrected chi connectivity index (χ3v) is 7.18. The van der Waals surface area contributed by atoms with Gasteiger partial charge in [-0.05, 0) is 96.2 Å². The predicted molar refractivity (Wildman–Crippen MR) is 131 cm³/mol. The van der Waals surface area contributed by atoms with Crippen molar-refractivity contribution in [3.05, 3.63) is 95.6 Å². The van der Waals surface area contributed by atoms with Crippen molar-refractivity contribution in [3.8, 4) is 0 Å². The fourth-order valence-corrected chi connectivity index (χ4v) is 5.07. The molecular formula is C30H36. The topological polar surface area (TPSA) is 0 Å². The number of aryl methyl sites for hydroxylation is 3. The van der Waals surface area contributed by atoms with Crippen LogP contribution in [0.2, 0.25) is 0 Å². The maximum atomic E-state index is 3.83. The molecule has 0 heteroatoms. The zero-order chi connectivity index (χ0) is 20.8. The van der Waals surface area contributed by atoms with Crippen LogP contribution in [0.4, 0.5) is 0 Å². The average Bonchev–Trinajstić information content (AvgIpc) is 2.81. The van der Waals surface area contributed by atoms with Gasteiger partial charge in [-0.15, -0.1) is 6.58 Å². The van der Waals surface area contributed by atoms with Gasteiger partial charge in [0, 0.05) is 0 Å². The molecule has 0 atom stereocenters. The number of rotatable bonds is 8. The molecular weight excluding hydrogens is 360 g/mol. The van der Waals surface area contributed by atoms with Gasteiger partial charge in [0.2, 0.25) is 0 Å². The van der Waals surface area contributed by atoms with Crippen LogP contribution in [-0.4, -0.2) is 0 Å². The summed E-state index contributed by atoms with van der Waals surface area (Å²) in [6, 6.07) is 23.4. The summed E-state index contributed by atoms with van der Waals surface area (Å²) >= 11 is 0. The molecule has 0 radical (unpaired) electrons. The van der Waals surface area contributed by atoms with Gasteiger partial charge >= 0.3 is 0 Å². The molecule has 156 valence electrons. The minimum Gasteiger partial charge on any atom is -0.103 e. The quantitative estimate of drug-likeness (QED) is 0.335. The average molecular weight is 397 g/mol. The lowest BCUT2D eigenvalue weighted by atomic mass is 9.78. The molecule has 0 unspecified atom stereocenters. The summed E-state index contributed by atoms with van der Waals surface area (Å²) in [5.41, 5.74) is 5.86. The van der Waals surface area contributed by atoms with Gasteiger partial charge in [0.05, 0.1) is 0 Å². The number of allylic oxidation sites excluding steroid dienone is 1. The zero-order valence-corrected chi connectivity index (χ0v) is 18.6. The highest BCUT2D eigenvalue weighted by molar-refractivity contribution is 5.83. The molecule has 30 heavy (non-hydrogen) atoms. The molecule has 1 fully saturated rings.